The molecule has 0 spiro atoms. The summed E-state index contributed by atoms with van der Waals surface area (Å²) in [5.41, 5.74) is 2.74. The Morgan fingerprint density at radius 2 is 1.73 bits per heavy atom. The van der Waals surface area contributed by atoms with Gasteiger partial charge in [-0.3, -0.25) is 0 Å². The van der Waals surface area contributed by atoms with Crippen LogP contribution in [-0.2, 0) is 18.0 Å². The van der Waals surface area contributed by atoms with Crippen molar-refractivity contribution in [1.82, 2.24) is 9.97 Å². The van der Waals surface area contributed by atoms with Gasteiger partial charge in [0.15, 0.2) is 11.5 Å². The molecule has 0 saturated carbocycles. The molecule has 33 heavy (non-hydrogen) atoms. The smallest absolute Gasteiger partial charge is 0.338 e. The zero-order valence-electron chi connectivity index (χ0n) is 18.4. The van der Waals surface area contributed by atoms with Crippen LogP contribution >= 0.6 is 22.7 Å². The van der Waals surface area contributed by atoms with Gasteiger partial charge in [-0.1, -0.05) is 12.1 Å². The van der Waals surface area contributed by atoms with Crippen molar-refractivity contribution in [3.8, 4) is 27.8 Å². The number of thiazole rings is 2. The van der Waals surface area contributed by atoms with Crippen molar-refractivity contribution in [3.63, 3.8) is 0 Å². The standard InChI is InChI=1S/C24H22N2O5S2/c1-15-25-17(13-32-15)11-30-19-7-4-6-16(10-19)24(27)31-12-18-14-33-23(26-18)20-8-5-9-21(28-2)22(20)29-3/h4-10,13-14H,11-12H2,1-3H3. The number of hydrogen-bond donors (Lipinski definition) is 0. The lowest BCUT2D eigenvalue weighted by Crippen LogP contribution is -2.06. The molecule has 170 valence electrons. The molecule has 7 nitrogen and oxygen atoms in total. The summed E-state index contributed by atoms with van der Waals surface area (Å²) < 4.78 is 22.1. The van der Waals surface area contributed by atoms with E-state index in [0.29, 0.717) is 35.1 Å². The van der Waals surface area contributed by atoms with E-state index in [0.717, 1.165) is 21.3 Å². The fourth-order valence-electron chi connectivity index (χ4n) is 3.12. The number of nitrogens with zero attached hydrogens (tertiary/aromatic N) is 2. The highest BCUT2D eigenvalue weighted by Gasteiger charge is 2.16. The van der Waals surface area contributed by atoms with E-state index in [4.69, 9.17) is 18.9 Å². The molecule has 2 aromatic carbocycles. The summed E-state index contributed by atoms with van der Waals surface area (Å²) in [6, 6.07) is 12.5. The Hall–Kier alpha value is -3.43. The lowest BCUT2D eigenvalue weighted by molar-refractivity contribution is 0.0468. The molecule has 0 saturated heterocycles. The molecule has 0 radical (unpaired) electrons. The molecular weight excluding hydrogens is 460 g/mol. The van der Waals surface area contributed by atoms with Crippen LogP contribution in [0.2, 0.25) is 0 Å². The van der Waals surface area contributed by atoms with Crippen molar-refractivity contribution < 1.29 is 23.7 Å². The van der Waals surface area contributed by atoms with Crippen molar-refractivity contribution in [3.05, 3.63) is 75.2 Å². The molecule has 4 rings (SSSR count). The highest BCUT2D eigenvalue weighted by molar-refractivity contribution is 7.13. The minimum atomic E-state index is -0.446. The molecule has 4 aromatic rings. The maximum Gasteiger partial charge on any atom is 0.338 e. The third-order valence-electron chi connectivity index (χ3n) is 4.66. The second kappa shape index (κ2) is 10.5. The van der Waals surface area contributed by atoms with Gasteiger partial charge < -0.3 is 18.9 Å². The molecule has 0 atom stereocenters. The Morgan fingerprint density at radius 3 is 2.48 bits per heavy atom. The molecule has 2 heterocycles. The van der Waals surface area contributed by atoms with Crippen LogP contribution in [0.3, 0.4) is 0 Å². The summed E-state index contributed by atoms with van der Waals surface area (Å²) in [6.07, 6.45) is 0. The molecule has 0 fully saturated rings. The van der Waals surface area contributed by atoms with Crippen molar-refractivity contribution in [1.29, 1.82) is 0 Å². The summed E-state index contributed by atoms with van der Waals surface area (Å²) in [7, 11) is 3.18. The summed E-state index contributed by atoms with van der Waals surface area (Å²) in [4.78, 5) is 21.5. The van der Waals surface area contributed by atoms with Crippen LogP contribution in [0.15, 0.2) is 53.2 Å². The van der Waals surface area contributed by atoms with Gasteiger partial charge in [0.05, 0.1) is 41.7 Å². The highest BCUT2D eigenvalue weighted by atomic mass is 32.1. The number of aromatic nitrogens is 2. The van der Waals surface area contributed by atoms with Gasteiger partial charge in [-0.25, -0.2) is 14.8 Å². The number of rotatable bonds is 9. The molecule has 0 aliphatic carbocycles. The first-order valence-corrected chi connectivity index (χ1v) is 11.8. The average Bonchev–Trinajstić information content (AvgIpc) is 3.49. The lowest BCUT2D eigenvalue weighted by Gasteiger charge is -2.10. The Bertz CT molecular complexity index is 1250. The van der Waals surface area contributed by atoms with E-state index >= 15 is 0 Å². The third-order valence-corrected chi connectivity index (χ3v) is 6.41. The maximum atomic E-state index is 12.6. The fourth-order valence-corrected chi connectivity index (χ4v) is 4.54. The number of methoxy groups -OCH3 is 2. The van der Waals surface area contributed by atoms with Crippen LogP contribution in [0.25, 0.3) is 10.6 Å². The number of carbonyl (C=O) groups excluding carboxylic acids is 1. The molecular formula is C24H22N2O5S2. The van der Waals surface area contributed by atoms with Crippen molar-refractivity contribution >= 4 is 28.6 Å². The van der Waals surface area contributed by atoms with E-state index < -0.39 is 5.97 Å². The monoisotopic (exact) mass is 482 g/mol. The zero-order chi connectivity index (χ0) is 23.2. The van der Waals surface area contributed by atoms with Gasteiger partial charge in [0, 0.05) is 10.8 Å². The van der Waals surface area contributed by atoms with E-state index in [1.807, 2.05) is 35.9 Å². The first-order chi connectivity index (χ1) is 16.1. The molecule has 0 unspecified atom stereocenters. The predicted molar refractivity (Wildman–Crippen MR) is 127 cm³/mol. The largest absolute Gasteiger partial charge is 0.493 e. The van der Waals surface area contributed by atoms with E-state index in [1.54, 1.807) is 49.8 Å². The fraction of sp³-hybridized carbons (Fsp3) is 0.208. The number of carbonyl (C=O) groups is 1. The first-order valence-electron chi connectivity index (χ1n) is 10.0. The third kappa shape index (κ3) is 5.50. The second-order valence-corrected chi connectivity index (χ2v) is 8.86. The SMILES string of the molecule is COc1cccc(-c2nc(COC(=O)c3cccc(OCc4csc(C)n4)c3)cs2)c1OC. The second-order valence-electron chi connectivity index (χ2n) is 6.94. The maximum absolute atomic E-state index is 12.6. The molecule has 0 bridgehead atoms. The van der Waals surface area contributed by atoms with Crippen LogP contribution in [0.5, 0.6) is 17.2 Å². The molecule has 0 amide bonds. The quantitative estimate of drug-likeness (QED) is 0.290. The summed E-state index contributed by atoms with van der Waals surface area (Å²) in [5, 5.41) is 5.55. The minimum Gasteiger partial charge on any atom is -0.493 e. The number of benzene rings is 2. The Morgan fingerprint density at radius 1 is 0.939 bits per heavy atom. The van der Waals surface area contributed by atoms with Crippen LogP contribution in [-0.4, -0.2) is 30.2 Å². The van der Waals surface area contributed by atoms with Crippen molar-refractivity contribution in [2.75, 3.05) is 14.2 Å². The average molecular weight is 483 g/mol. The Balaban J connectivity index is 1.38. The van der Waals surface area contributed by atoms with Crippen LogP contribution in [0.4, 0.5) is 0 Å². The number of esters is 1. The van der Waals surface area contributed by atoms with Gasteiger partial charge in [-0.05, 0) is 37.3 Å². The van der Waals surface area contributed by atoms with Crippen molar-refractivity contribution in [2.45, 2.75) is 20.1 Å². The molecule has 2 aromatic heterocycles. The normalized spacial score (nSPS) is 10.6. The first kappa shape index (κ1) is 22.8. The number of aryl methyl sites for hydroxylation is 1. The molecule has 9 heteroatoms. The van der Waals surface area contributed by atoms with E-state index in [1.165, 1.54) is 11.3 Å². The Kier molecular flexibility index (Phi) is 7.21. The number of ether oxygens (including phenoxy) is 4. The van der Waals surface area contributed by atoms with Gasteiger partial charge in [-0.2, -0.15) is 0 Å². The van der Waals surface area contributed by atoms with Gasteiger partial charge in [0.25, 0.3) is 0 Å². The van der Waals surface area contributed by atoms with Gasteiger partial charge in [0.1, 0.15) is 24.0 Å². The highest BCUT2D eigenvalue weighted by Crippen LogP contribution is 2.39. The summed E-state index contributed by atoms with van der Waals surface area (Å²) >= 11 is 3.02. The summed E-state index contributed by atoms with van der Waals surface area (Å²) in [5.74, 6) is 1.38. The topological polar surface area (TPSA) is 79.8 Å². The van der Waals surface area contributed by atoms with E-state index in [-0.39, 0.29) is 6.61 Å². The van der Waals surface area contributed by atoms with Gasteiger partial charge >= 0.3 is 5.97 Å². The van der Waals surface area contributed by atoms with Gasteiger partial charge in [-0.15, -0.1) is 22.7 Å². The van der Waals surface area contributed by atoms with Crippen molar-refractivity contribution in [2.24, 2.45) is 0 Å². The summed E-state index contributed by atoms with van der Waals surface area (Å²) in [6.45, 7) is 2.35. The lowest BCUT2D eigenvalue weighted by atomic mass is 10.2. The van der Waals surface area contributed by atoms with Crippen LogP contribution in [0.1, 0.15) is 26.8 Å². The molecule has 0 aliphatic heterocycles. The minimum absolute atomic E-state index is 0.0603. The molecule has 0 N–H and O–H groups in total. The van der Waals surface area contributed by atoms with Crippen LogP contribution in [0, 0.1) is 6.92 Å². The number of para-hydroxylation sites is 1. The Labute approximate surface area is 199 Å². The van der Waals surface area contributed by atoms with Gasteiger partial charge in [0.2, 0.25) is 0 Å². The zero-order valence-corrected chi connectivity index (χ0v) is 20.0. The predicted octanol–water partition coefficient (Wildman–Crippen LogP) is 5.53. The molecule has 0 aliphatic rings. The van der Waals surface area contributed by atoms with E-state index in [9.17, 15) is 4.79 Å². The number of hydrogen-bond acceptors (Lipinski definition) is 9. The van der Waals surface area contributed by atoms with E-state index in [2.05, 4.69) is 9.97 Å². The van der Waals surface area contributed by atoms with Crippen LogP contribution < -0.4 is 14.2 Å².